The third-order valence-electron chi connectivity index (χ3n) is 5.09. The molecule has 1 unspecified atom stereocenters. The van der Waals surface area contributed by atoms with E-state index in [-0.39, 0.29) is 5.37 Å². The molecule has 4 rings (SSSR count). The maximum atomic E-state index is 8.78. The minimum absolute atomic E-state index is 0.170. The van der Waals surface area contributed by atoms with Gasteiger partial charge in [-0.2, -0.15) is 10.5 Å². The van der Waals surface area contributed by atoms with E-state index in [1.54, 1.807) is 23.5 Å². The lowest BCUT2D eigenvalue weighted by Crippen LogP contribution is -2.16. The molecule has 2 aromatic carbocycles. The molecule has 158 valence electrons. The molecule has 0 amide bonds. The molecule has 4 nitrogen and oxygen atoms in total. The predicted octanol–water partition coefficient (Wildman–Crippen LogP) is 7.02. The quantitative estimate of drug-likeness (QED) is 0.490. The largest absolute Gasteiger partial charge is 0.369 e. The first-order valence-corrected chi connectivity index (χ1v) is 12.0. The van der Waals surface area contributed by atoms with E-state index >= 15 is 0 Å². The Morgan fingerprint density at radius 2 is 1.75 bits per heavy atom. The third kappa shape index (κ3) is 4.78. The summed E-state index contributed by atoms with van der Waals surface area (Å²) in [7, 11) is 0. The van der Waals surface area contributed by atoms with Crippen LogP contribution in [-0.2, 0) is 0 Å². The molecule has 2 aliphatic heterocycles. The Morgan fingerprint density at radius 3 is 2.44 bits per heavy atom. The van der Waals surface area contributed by atoms with Crippen molar-refractivity contribution in [2.24, 2.45) is 0 Å². The summed E-state index contributed by atoms with van der Waals surface area (Å²) in [5, 5.41) is 22.4. The molecule has 0 aliphatic carbocycles. The molecule has 0 fully saturated rings. The van der Waals surface area contributed by atoms with E-state index in [0.29, 0.717) is 0 Å². The number of anilines is 2. The molecular formula is C26H22N4S2. The number of hydrogen-bond donors (Lipinski definition) is 1. The van der Waals surface area contributed by atoms with Crippen LogP contribution in [0.1, 0.15) is 25.0 Å². The van der Waals surface area contributed by atoms with Crippen LogP contribution in [0.2, 0.25) is 0 Å². The maximum absolute atomic E-state index is 8.78. The monoisotopic (exact) mass is 454 g/mol. The molecule has 2 aliphatic rings. The maximum Gasteiger partial charge on any atom is 0.0962 e. The van der Waals surface area contributed by atoms with Gasteiger partial charge in [0.2, 0.25) is 0 Å². The van der Waals surface area contributed by atoms with E-state index in [0.717, 1.165) is 23.4 Å². The first kappa shape index (κ1) is 21.9. The summed E-state index contributed by atoms with van der Waals surface area (Å²) in [6.45, 7) is 5.19. The second kappa shape index (κ2) is 9.87. The SMILES string of the molecule is CCN1/C(=C\C(C)=C\C2Nc3ccc(/C=C/C#N)cc3S2)Sc2cc(/C=C/C#N)ccc21. The van der Waals surface area contributed by atoms with Crippen molar-refractivity contribution in [2.45, 2.75) is 29.0 Å². The van der Waals surface area contributed by atoms with Crippen molar-refractivity contribution in [2.75, 3.05) is 16.8 Å². The van der Waals surface area contributed by atoms with Crippen molar-refractivity contribution < 1.29 is 0 Å². The molecule has 0 bridgehead atoms. The second-order valence-corrected chi connectivity index (χ2v) is 9.58. The predicted molar refractivity (Wildman–Crippen MR) is 136 cm³/mol. The molecule has 2 aromatic rings. The van der Waals surface area contributed by atoms with Crippen molar-refractivity contribution in [3.8, 4) is 12.1 Å². The highest BCUT2D eigenvalue weighted by molar-refractivity contribution is 8.03. The summed E-state index contributed by atoms with van der Waals surface area (Å²) < 4.78 is 0. The van der Waals surface area contributed by atoms with Gasteiger partial charge in [0.05, 0.1) is 28.2 Å². The molecule has 0 saturated heterocycles. The third-order valence-corrected chi connectivity index (χ3v) is 7.29. The number of hydrogen-bond acceptors (Lipinski definition) is 6. The van der Waals surface area contributed by atoms with Crippen molar-refractivity contribution in [3.05, 3.63) is 82.4 Å². The Balaban J connectivity index is 1.51. The van der Waals surface area contributed by atoms with Gasteiger partial charge in [-0.25, -0.2) is 0 Å². The van der Waals surface area contributed by atoms with Crippen LogP contribution < -0.4 is 10.2 Å². The van der Waals surface area contributed by atoms with Crippen LogP contribution in [0.25, 0.3) is 12.2 Å². The van der Waals surface area contributed by atoms with E-state index in [4.69, 9.17) is 10.5 Å². The molecule has 0 radical (unpaired) electrons. The molecule has 0 aromatic heterocycles. The number of allylic oxidation sites excluding steroid dienone is 4. The van der Waals surface area contributed by atoms with Gasteiger partial charge in [-0.3, -0.25) is 0 Å². The van der Waals surface area contributed by atoms with Gasteiger partial charge in [0.15, 0.2) is 0 Å². The van der Waals surface area contributed by atoms with Crippen molar-refractivity contribution in [1.82, 2.24) is 0 Å². The van der Waals surface area contributed by atoms with E-state index in [2.05, 4.69) is 72.6 Å². The molecular weight excluding hydrogens is 432 g/mol. The Kier molecular flexibility index (Phi) is 6.75. The van der Waals surface area contributed by atoms with Gasteiger partial charge in [-0.15, -0.1) is 0 Å². The average Bonchev–Trinajstić information content (AvgIpc) is 3.34. The van der Waals surface area contributed by atoms with Gasteiger partial charge in [0, 0.05) is 34.2 Å². The van der Waals surface area contributed by atoms with Gasteiger partial charge < -0.3 is 10.2 Å². The van der Waals surface area contributed by atoms with Crippen LogP contribution in [0, 0.1) is 22.7 Å². The Bertz CT molecular complexity index is 1240. The number of nitriles is 2. The zero-order valence-corrected chi connectivity index (χ0v) is 19.5. The van der Waals surface area contributed by atoms with Crippen molar-refractivity contribution in [1.29, 1.82) is 10.5 Å². The highest BCUT2D eigenvalue weighted by Crippen LogP contribution is 2.47. The lowest BCUT2D eigenvalue weighted by molar-refractivity contribution is 1.000. The molecule has 0 saturated carbocycles. The summed E-state index contributed by atoms with van der Waals surface area (Å²) in [6, 6.07) is 16.6. The summed E-state index contributed by atoms with van der Waals surface area (Å²) in [4.78, 5) is 4.74. The van der Waals surface area contributed by atoms with Crippen molar-refractivity contribution in [3.63, 3.8) is 0 Å². The minimum atomic E-state index is 0.170. The summed E-state index contributed by atoms with van der Waals surface area (Å²) in [5.41, 5.74) is 5.61. The molecule has 0 spiro atoms. The topological polar surface area (TPSA) is 62.9 Å². The zero-order chi connectivity index (χ0) is 22.5. The van der Waals surface area contributed by atoms with E-state index in [1.807, 2.05) is 24.3 Å². The van der Waals surface area contributed by atoms with E-state index < -0.39 is 0 Å². The molecule has 32 heavy (non-hydrogen) atoms. The summed E-state index contributed by atoms with van der Waals surface area (Å²) in [5.74, 6) is 0. The molecule has 6 heteroatoms. The van der Waals surface area contributed by atoms with Crippen LogP contribution in [-0.4, -0.2) is 11.9 Å². The lowest BCUT2D eigenvalue weighted by Gasteiger charge is -2.18. The van der Waals surface area contributed by atoms with E-state index in [9.17, 15) is 0 Å². The Labute approximate surface area is 197 Å². The van der Waals surface area contributed by atoms with Gasteiger partial charge in [0.25, 0.3) is 0 Å². The minimum Gasteiger partial charge on any atom is -0.369 e. The van der Waals surface area contributed by atoms with Crippen LogP contribution in [0.4, 0.5) is 11.4 Å². The fourth-order valence-electron chi connectivity index (χ4n) is 3.66. The number of benzene rings is 2. The highest BCUT2D eigenvalue weighted by Gasteiger charge is 2.24. The number of nitrogens with zero attached hydrogens (tertiary/aromatic N) is 3. The summed E-state index contributed by atoms with van der Waals surface area (Å²) in [6.07, 6.45) is 11.2. The summed E-state index contributed by atoms with van der Waals surface area (Å²) >= 11 is 3.55. The molecule has 2 heterocycles. The van der Waals surface area contributed by atoms with Crippen LogP contribution in [0.3, 0.4) is 0 Å². The smallest absolute Gasteiger partial charge is 0.0962 e. The highest BCUT2D eigenvalue weighted by atomic mass is 32.2. The van der Waals surface area contributed by atoms with Crippen molar-refractivity contribution >= 4 is 47.1 Å². The van der Waals surface area contributed by atoms with E-state index in [1.165, 1.54) is 38.2 Å². The molecule has 1 N–H and O–H groups in total. The zero-order valence-electron chi connectivity index (χ0n) is 17.9. The van der Waals surface area contributed by atoms with Gasteiger partial charge in [0.1, 0.15) is 0 Å². The van der Waals surface area contributed by atoms with Gasteiger partial charge >= 0.3 is 0 Å². The number of fused-ring (bicyclic) bond motifs is 2. The number of rotatable bonds is 5. The fraction of sp³-hybridized carbons (Fsp3) is 0.154. The standard InChI is InChI=1S/C26H22N4S2/c1-3-30-22-11-9-20(7-5-13-28)17-24(22)32-26(30)15-18(2)14-25-29-21-10-8-19(6-4-12-27)16-23(21)31-25/h4-11,14-17,25,29H,3H2,1-2H3/b6-4+,7-5+,18-14+,26-15+. The normalized spacial score (nSPS) is 18.6. The Hall–Kier alpha value is -3.32. The average molecular weight is 455 g/mol. The second-order valence-electron chi connectivity index (χ2n) is 7.33. The van der Waals surface area contributed by atoms with Crippen LogP contribution >= 0.6 is 23.5 Å². The number of thioether (sulfide) groups is 2. The van der Waals surface area contributed by atoms with Crippen LogP contribution in [0.5, 0.6) is 0 Å². The number of nitrogens with one attached hydrogen (secondary N) is 1. The van der Waals surface area contributed by atoms with Gasteiger partial charge in [-0.1, -0.05) is 35.7 Å². The fourth-order valence-corrected chi connectivity index (χ4v) is 6.15. The van der Waals surface area contributed by atoms with Gasteiger partial charge in [-0.05, 0) is 79.1 Å². The lowest BCUT2D eigenvalue weighted by atomic mass is 10.2. The molecule has 1 atom stereocenters. The first-order chi connectivity index (χ1) is 15.6. The Morgan fingerprint density at radius 1 is 1.06 bits per heavy atom. The van der Waals surface area contributed by atoms with Crippen LogP contribution in [0.15, 0.2) is 81.1 Å². The first-order valence-electron chi connectivity index (χ1n) is 10.3.